The molecule has 0 saturated heterocycles. The van der Waals surface area contributed by atoms with E-state index in [0.29, 0.717) is 0 Å². The summed E-state index contributed by atoms with van der Waals surface area (Å²) in [4.78, 5) is 0. The Morgan fingerprint density at radius 2 is 0.667 bits per heavy atom. The van der Waals surface area contributed by atoms with Crippen molar-refractivity contribution in [1.29, 1.82) is 0 Å². The molecule has 1 rings (SSSR count). The smallest absolute Gasteiger partial charge is 0.244 e. The number of hydrogen-bond donors (Lipinski definition) is 0. The molecule has 1 aromatic carbocycles. The molecule has 1 aromatic rings. The fourth-order valence-corrected chi connectivity index (χ4v) is 1.81. The first-order chi connectivity index (χ1) is 13.1. The van der Waals surface area contributed by atoms with Crippen molar-refractivity contribution in [3.8, 4) is 0 Å². The van der Waals surface area contributed by atoms with Crippen LogP contribution in [0.5, 0.6) is 0 Å². The Morgan fingerprint density at radius 1 is 0.433 bits per heavy atom. The van der Waals surface area contributed by atoms with Crippen LogP contribution in [0.3, 0.4) is 0 Å². The molecular formula is C14H8F15I. The van der Waals surface area contributed by atoms with E-state index in [1.165, 1.54) is 0 Å². The van der Waals surface area contributed by atoms with E-state index in [9.17, 15) is 65.9 Å². The van der Waals surface area contributed by atoms with Crippen molar-refractivity contribution in [3.63, 3.8) is 0 Å². The molecule has 0 aliphatic heterocycles. The molecule has 0 aliphatic carbocycles. The van der Waals surface area contributed by atoms with E-state index in [2.05, 4.69) is 0 Å². The van der Waals surface area contributed by atoms with Crippen molar-refractivity contribution in [2.45, 2.75) is 39.5 Å². The van der Waals surface area contributed by atoms with Crippen LogP contribution in [0.1, 0.15) is 0 Å². The molecule has 0 nitrogen and oxygen atoms in total. The highest BCUT2D eigenvalue weighted by atomic mass is 127. The van der Waals surface area contributed by atoms with Gasteiger partial charge in [-0.15, -0.1) is 0 Å². The van der Waals surface area contributed by atoms with Crippen LogP contribution in [0, 0.1) is 0 Å². The maximum atomic E-state index is 12.9. The van der Waals surface area contributed by atoms with Gasteiger partial charge in [0.05, 0.1) is 0 Å². The Hall–Kier alpha value is -1.10. The molecule has 0 unspecified atom stereocenters. The highest BCUT2D eigenvalue weighted by Crippen LogP contribution is 2.62. The summed E-state index contributed by atoms with van der Waals surface area (Å²) in [7, 11) is 0. The van der Waals surface area contributed by atoms with Gasteiger partial charge in [0, 0.05) is 22.6 Å². The highest BCUT2D eigenvalue weighted by molar-refractivity contribution is 14.1. The fourth-order valence-electron chi connectivity index (χ4n) is 1.47. The van der Waals surface area contributed by atoms with Gasteiger partial charge >= 0.3 is 39.5 Å². The summed E-state index contributed by atoms with van der Waals surface area (Å²) in [6.07, 6.45) is 0. The molecule has 0 bridgehead atoms. The molecule has 0 radical (unpaired) electrons. The number of alkyl halides is 16. The average Bonchev–Trinajstić information content (AvgIpc) is 2.61. The first kappa shape index (κ1) is 28.9. The van der Waals surface area contributed by atoms with E-state index in [-0.39, 0.29) is 0 Å². The van der Waals surface area contributed by atoms with Crippen molar-refractivity contribution >= 4 is 22.6 Å². The minimum absolute atomic E-state index is 0.880. The third kappa shape index (κ3) is 4.71. The van der Waals surface area contributed by atoms with Gasteiger partial charge in [0.2, 0.25) is 0 Å². The lowest BCUT2D eigenvalue weighted by molar-refractivity contribution is -0.434. The molecule has 0 amide bonds. The number of benzene rings is 1. The van der Waals surface area contributed by atoms with Gasteiger partial charge in [-0.25, -0.2) is 4.39 Å². The zero-order chi connectivity index (χ0) is 24.4. The predicted octanol–water partition coefficient (Wildman–Crippen LogP) is 7.48. The summed E-state index contributed by atoms with van der Waals surface area (Å²) >= 11 is -0.880. The van der Waals surface area contributed by atoms with Gasteiger partial charge in [-0.3, -0.25) is 0 Å². The SMILES string of the molecule is FCC(F)(F)C(F)(F)C(F)(F)C(F)(F)C(F)(F)C(F)(F)C(F)(F)I.c1ccccc1. The van der Waals surface area contributed by atoms with Gasteiger partial charge in [-0.05, 0) is 0 Å². The third-order valence-electron chi connectivity index (χ3n) is 3.23. The molecule has 0 spiro atoms. The normalized spacial score (nSPS) is 14.8. The van der Waals surface area contributed by atoms with Crippen LogP contribution < -0.4 is 0 Å². The van der Waals surface area contributed by atoms with Gasteiger partial charge in [-0.2, -0.15) is 61.5 Å². The first-order valence-electron chi connectivity index (χ1n) is 6.96. The molecule has 0 atom stereocenters. The third-order valence-corrected chi connectivity index (χ3v) is 3.90. The van der Waals surface area contributed by atoms with Crippen LogP contribution in [-0.2, 0) is 0 Å². The molecule has 0 aromatic heterocycles. The topological polar surface area (TPSA) is 0 Å². The van der Waals surface area contributed by atoms with Gasteiger partial charge in [-0.1, -0.05) is 36.4 Å². The second kappa shape index (κ2) is 8.80. The predicted molar refractivity (Wildman–Crippen MR) is 81.1 cm³/mol. The zero-order valence-electron chi connectivity index (χ0n) is 13.7. The zero-order valence-corrected chi connectivity index (χ0v) is 15.9. The van der Waals surface area contributed by atoms with E-state index in [4.69, 9.17) is 0 Å². The molecule has 16 heteroatoms. The summed E-state index contributed by atoms with van der Waals surface area (Å²) in [5, 5.41) is 0. The van der Waals surface area contributed by atoms with Gasteiger partial charge in [0.25, 0.3) is 0 Å². The van der Waals surface area contributed by atoms with E-state index in [1.807, 2.05) is 36.4 Å². The summed E-state index contributed by atoms with van der Waals surface area (Å²) < 4.78 is 183. The molecule has 0 aliphatic rings. The summed E-state index contributed by atoms with van der Waals surface area (Å²) in [5.74, 6) is -45.8. The number of hydrogen-bond acceptors (Lipinski definition) is 0. The van der Waals surface area contributed by atoms with E-state index in [0.717, 1.165) is 0 Å². The molecule has 30 heavy (non-hydrogen) atoms. The molecular weight excluding hydrogens is 580 g/mol. The van der Waals surface area contributed by atoms with Crippen molar-refractivity contribution in [3.05, 3.63) is 36.4 Å². The van der Waals surface area contributed by atoms with E-state index in [1.54, 1.807) is 0 Å². The number of halogens is 16. The fraction of sp³-hybridized carbons (Fsp3) is 0.571. The summed E-state index contributed by atoms with van der Waals surface area (Å²) in [5.41, 5.74) is 0. The highest BCUT2D eigenvalue weighted by Gasteiger charge is 2.92. The lowest BCUT2D eigenvalue weighted by Crippen LogP contribution is -2.72. The second-order valence-corrected chi connectivity index (χ2v) is 6.72. The van der Waals surface area contributed by atoms with Crippen LogP contribution in [0.4, 0.5) is 65.9 Å². The minimum atomic E-state index is -8.12. The Balaban J connectivity index is 0.00000118. The summed E-state index contributed by atoms with van der Waals surface area (Å²) in [6.45, 7) is -3.77. The average molecular weight is 588 g/mol. The monoisotopic (exact) mass is 588 g/mol. The van der Waals surface area contributed by atoms with Gasteiger partial charge < -0.3 is 0 Å². The van der Waals surface area contributed by atoms with Crippen molar-refractivity contribution in [1.82, 2.24) is 0 Å². The molecule has 0 fully saturated rings. The van der Waals surface area contributed by atoms with Crippen LogP contribution in [-0.4, -0.2) is 46.1 Å². The lowest BCUT2D eigenvalue weighted by atomic mass is 9.92. The van der Waals surface area contributed by atoms with Gasteiger partial charge in [0.15, 0.2) is 6.67 Å². The summed E-state index contributed by atoms with van der Waals surface area (Å²) in [6, 6.07) is 12.0. The quantitative estimate of drug-likeness (QED) is 0.176. The first-order valence-corrected chi connectivity index (χ1v) is 8.03. The van der Waals surface area contributed by atoms with E-state index >= 15 is 0 Å². The molecule has 0 heterocycles. The van der Waals surface area contributed by atoms with Gasteiger partial charge in [0.1, 0.15) is 0 Å². The van der Waals surface area contributed by atoms with Crippen molar-refractivity contribution in [2.24, 2.45) is 0 Å². The Morgan fingerprint density at radius 3 is 0.900 bits per heavy atom. The molecule has 0 N–H and O–H groups in total. The van der Waals surface area contributed by atoms with E-state index < -0.39 is 68.7 Å². The second-order valence-electron chi connectivity index (χ2n) is 5.36. The van der Waals surface area contributed by atoms with Crippen LogP contribution >= 0.6 is 22.6 Å². The van der Waals surface area contributed by atoms with Crippen molar-refractivity contribution in [2.75, 3.05) is 6.67 Å². The Kier molecular flexibility index (Phi) is 8.48. The van der Waals surface area contributed by atoms with Crippen LogP contribution in [0.25, 0.3) is 0 Å². The largest absolute Gasteiger partial charge is 0.387 e. The lowest BCUT2D eigenvalue weighted by Gasteiger charge is -2.41. The molecule has 176 valence electrons. The van der Waals surface area contributed by atoms with Crippen molar-refractivity contribution < 1.29 is 65.9 Å². The molecule has 0 saturated carbocycles. The Labute approximate surface area is 171 Å². The van der Waals surface area contributed by atoms with Crippen LogP contribution in [0.2, 0.25) is 0 Å². The number of rotatable bonds is 7. The van der Waals surface area contributed by atoms with Crippen LogP contribution in [0.15, 0.2) is 36.4 Å². The maximum absolute atomic E-state index is 12.9. The Bertz CT molecular complexity index is 639. The maximum Gasteiger partial charge on any atom is 0.387 e. The standard InChI is InChI=1S/C8H2F15I.C6H6/c9-1-2(10,11)3(12,13)4(14,15)5(16,17)6(18,19)7(20,21)8(22,23)24;1-2-4-6-5-3-1/h1H2;1-6H. The minimum Gasteiger partial charge on any atom is -0.244 e.